The van der Waals surface area contributed by atoms with Crippen LogP contribution in [0.1, 0.15) is 70.3 Å². The molecule has 1 aliphatic heterocycles. The molecule has 8 nitrogen and oxygen atoms in total. The second-order valence-corrected chi connectivity index (χ2v) is 6.85. The Morgan fingerprint density at radius 1 is 1.10 bits per heavy atom. The summed E-state index contributed by atoms with van der Waals surface area (Å²) in [5, 5.41) is 5.63. The molecule has 0 aliphatic carbocycles. The normalized spacial score (nSPS) is 12.8. The van der Waals surface area contributed by atoms with E-state index in [2.05, 4.69) is 15.6 Å². The average Bonchev–Trinajstić information content (AvgIpc) is 3.12. The van der Waals surface area contributed by atoms with Crippen molar-refractivity contribution in [2.75, 3.05) is 18.5 Å². The third-order valence-electron chi connectivity index (χ3n) is 4.73. The largest absolute Gasteiger partial charge is 0.462 e. The van der Waals surface area contributed by atoms with E-state index < -0.39 is 5.97 Å². The molecule has 2 amide bonds. The first-order chi connectivity index (χ1) is 14.0. The first-order valence-electron chi connectivity index (χ1n) is 10.0. The maximum absolute atomic E-state index is 12.8. The van der Waals surface area contributed by atoms with Crippen LogP contribution in [-0.4, -0.2) is 40.5 Å². The average molecular weight is 398 g/mol. The molecule has 0 atom stereocenters. The molecule has 0 spiro atoms. The molecule has 154 valence electrons. The maximum Gasteiger partial charge on any atom is 0.338 e. The first kappa shape index (κ1) is 20.6. The van der Waals surface area contributed by atoms with E-state index in [1.807, 2.05) is 11.5 Å². The zero-order valence-corrected chi connectivity index (χ0v) is 16.8. The molecule has 29 heavy (non-hydrogen) atoms. The third-order valence-corrected chi connectivity index (χ3v) is 4.73. The first-order valence-corrected chi connectivity index (χ1v) is 10.0. The van der Waals surface area contributed by atoms with E-state index in [0.29, 0.717) is 36.6 Å². The summed E-state index contributed by atoms with van der Waals surface area (Å²) in [6.45, 7) is 5.26. The minimum Gasteiger partial charge on any atom is -0.462 e. The van der Waals surface area contributed by atoms with Gasteiger partial charge in [-0.25, -0.2) is 9.78 Å². The third kappa shape index (κ3) is 4.64. The zero-order chi connectivity index (χ0) is 20.8. The van der Waals surface area contributed by atoms with Crippen LogP contribution in [0.4, 0.5) is 5.69 Å². The standard InChI is InChI=1S/C21H26N4O4/c1-3-12-22-19(26)17-16-7-5-6-13-25(16)18(24-17)20(27)23-15-10-8-14(9-11-15)21(28)29-4-2/h8-11H,3-7,12-13H2,1-2H3,(H,22,26)(H,23,27). The molecular weight excluding hydrogens is 372 g/mol. The highest BCUT2D eigenvalue weighted by atomic mass is 16.5. The van der Waals surface area contributed by atoms with Gasteiger partial charge in [0.15, 0.2) is 5.82 Å². The fraction of sp³-hybridized carbons (Fsp3) is 0.429. The maximum atomic E-state index is 12.8. The minimum atomic E-state index is -0.407. The van der Waals surface area contributed by atoms with Gasteiger partial charge in [0, 0.05) is 18.8 Å². The second-order valence-electron chi connectivity index (χ2n) is 6.85. The summed E-state index contributed by atoms with van der Waals surface area (Å²) in [7, 11) is 0. The molecule has 0 fully saturated rings. The number of hydrogen-bond donors (Lipinski definition) is 2. The molecule has 2 N–H and O–H groups in total. The molecular formula is C21H26N4O4. The van der Waals surface area contributed by atoms with Crippen LogP contribution in [-0.2, 0) is 17.7 Å². The minimum absolute atomic E-state index is 0.232. The number of amides is 2. The summed E-state index contributed by atoms with van der Waals surface area (Å²) >= 11 is 0. The van der Waals surface area contributed by atoms with Gasteiger partial charge in [-0.05, 0) is 56.9 Å². The van der Waals surface area contributed by atoms with E-state index in [-0.39, 0.29) is 17.6 Å². The van der Waals surface area contributed by atoms with Crippen LogP contribution in [0, 0.1) is 0 Å². The molecule has 1 aromatic carbocycles. The van der Waals surface area contributed by atoms with Crippen LogP contribution in [0.25, 0.3) is 0 Å². The van der Waals surface area contributed by atoms with Gasteiger partial charge in [-0.3, -0.25) is 9.59 Å². The van der Waals surface area contributed by atoms with Crippen molar-refractivity contribution in [1.82, 2.24) is 14.9 Å². The summed E-state index contributed by atoms with van der Waals surface area (Å²) in [4.78, 5) is 41.4. The van der Waals surface area contributed by atoms with Crippen molar-refractivity contribution in [3.63, 3.8) is 0 Å². The molecule has 2 heterocycles. The van der Waals surface area contributed by atoms with Gasteiger partial charge in [0.05, 0.1) is 17.9 Å². The quantitative estimate of drug-likeness (QED) is 0.698. The van der Waals surface area contributed by atoms with Crippen LogP contribution in [0.5, 0.6) is 0 Å². The molecule has 0 bridgehead atoms. The molecule has 8 heteroatoms. The van der Waals surface area contributed by atoms with Crippen LogP contribution in [0.15, 0.2) is 24.3 Å². The van der Waals surface area contributed by atoms with E-state index in [4.69, 9.17) is 4.74 Å². The van der Waals surface area contributed by atoms with Crippen molar-refractivity contribution >= 4 is 23.5 Å². The van der Waals surface area contributed by atoms with Crippen molar-refractivity contribution in [3.05, 3.63) is 47.0 Å². The number of ether oxygens (including phenoxy) is 1. The molecule has 0 saturated carbocycles. The van der Waals surface area contributed by atoms with E-state index in [1.54, 1.807) is 31.2 Å². The monoisotopic (exact) mass is 398 g/mol. The van der Waals surface area contributed by atoms with Gasteiger partial charge in [0.25, 0.3) is 11.8 Å². The number of carbonyl (C=O) groups excluding carboxylic acids is 3. The lowest BCUT2D eigenvalue weighted by atomic mass is 10.1. The Hall–Kier alpha value is -3.16. The number of anilines is 1. The van der Waals surface area contributed by atoms with E-state index in [1.165, 1.54) is 0 Å². The van der Waals surface area contributed by atoms with Gasteiger partial charge in [-0.1, -0.05) is 6.92 Å². The number of nitrogens with zero attached hydrogens (tertiary/aromatic N) is 2. The Labute approximate surface area is 169 Å². The summed E-state index contributed by atoms with van der Waals surface area (Å²) in [6.07, 6.45) is 3.46. The molecule has 0 saturated heterocycles. The SMILES string of the molecule is CCCNC(=O)c1nc(C(=O)Nc2ccc(C(=O)OCC)cc2)n2c1CCCC2. The molecule has 1 aromatic heterocycles. The number of rotatable bonds is 7. The lowest BCUT2D eigenvalue weighted by molar-refractivity contribution is 0.0526. The van der Waals surface area contributed by atoms with Crippen molar-refractivity contribution in [3.8, 4) is 0 Å². The van der Waals surface area contributed by atoms with Gasteiger partial charge in [0.1, 0.15) is 5.69 Å². The number of aromatic nitrogens is 2. The van der Waals surface area contributed by atoms with Crippen LogP contribution < -0.4 is 10.6 Å². The Bertz CT molecular complexity index is 902. The van der Waals surface area contributed by atoms with Crippen molar-refractivity contribution in [2.24, 2.45) is 0 Å². The van der Waals surface area contributed by atoms with Crippen LogP contribution >= 0.6 is 0 Å². The Kier molecular flexibility index (Phi) is 6.64. The van der Waals surface area contributed by atoms with Gasteiger partial charge in [-0.15, -0.1) is 0 Å². The second kappa shape index (κ2) is 9.36. The number of esters is 1. The van der Waals surface area contributed by atoms with Gasteiger partial charge >= 0.3 is 5.97 Å². The van der Waals surface area contributed by atoms with Crippen molar-refractivity contribution in [1.29, 1.82) is 0 Å². The van der Waals surface area contributed by atoms with Crippen LogP contribution in [0.2, 0.25) is 0 Å². The highest BCUT2D eigenvalue weighted by molar-refractivity contribution is 6.04. The lowest BCUT2D eigenvalue weighted by Gasteiger charge is -2.17. The fourth-order valence-corrected chi connectivity index (χ4v) is 3.31. The summed E-state index contributed by atoms with van der Waals surface area (Å²) in [5.41, 5.74) is 2.10. The lowest BCUT2D eigenvalue weighted by Crippen LogP contribution is -2.26. The fourth-order valence-electron chi connectivity index (χ4n) is 3.31. The van der Waals surface area contributed by atoms with Crippen molar-refractivity contribution in [2.45, 2.75) is 46.1 Å². The number of nitrogens with one attached hydrogen (secondary N) is 2. The zero-order valence-electron chi connectivity index (χ0n) is 16.8. The summed E-state index contributed by atoms with van der Waals surface area (Å²) in [5.74, 6) is -0.798. The highest BCUT2D eigenvalue weighted by Crippen LogP contribution is 2.22. The number of carbonyl (C=O) groups is 3. The molecule has 1 aliphatic rings. The van der Waals surface area contributed by atoms with E-state index in [0.717, 1.165) is 31.4 Å². The number of benzene rings is 1. The number of imidazole rings is 1. The van der Waals surface area contributed by atoms with Crippen molar-refractivity contribution < 1.29 is 19.1 Å². The number of fused-ring (bicyclic) bond motifs is 1. The summed E-state index contributed by atoms with van der Waals surface area (Å²) < 4.78 is 6.80. The van der Waals surface area contributed by atoms with Gasteiger partial charge < -0.3 is 19.9 Å². The molecule has 0 unspecified atom stereocenters. The van der Waals surface area contributed by atoms with Gasteiger partial charge in [0.2, 0.25) is 0 Å². The van der Waals surface area contributed by atoms with Gasteiger partial charge in [-0.2, -0.15) is 0 Å². The topological polar surface area (TPSA) is 102 Å². The summed E-state index contributed by atoms with van der Waals surface area (Å²) in [6, 6.07) is 6.47. The highest BCUT2D eigenvalue weighted by Gasteiger charge is 2.27. The molecule has 2 aromatic rings. The smallest absolute Gasteiger partial charge is 0.338 e. The number of hydrogen-bond acceptors (Lipinski definition) is 5. The Morgan fingerprint density at radius 2 is 1.86 bits per heavy atom. The Balaban J connectivity index is 1.79. The van der Waals surface area contributed by atoms with E-state index >= 15 is 0 Å². The predicted molar refractivity (Wildman–Crippen MR) is 108 cm³/mol. The Morgan fingerprint density at radius 3 is 2.55 bits per heavy atom. The van der Waals surface area contributed by atoms with Crippen LogP contribution in [0.3, 0.4) is 0 Å². The van der Waals surface area contributed by atoms with E-state index in [9.17, 15) is 14.4 Å². The molecule has 0 radical (unpaired) electrons. The predicted octanol–water partition coefficient (Wildman–Crippen LogP) is 2.79. The molecule has 3 rings (SSSR count).